The predicted molar refractivity (Wildman–Crippen MR) is 115 cm³/mol. The van der Waals surface area contributed by atoms with Crippen LogP contribution in [0.4, 0.5) is 5.69 Å². The Morgan fingerprint density at radius 3 is 2.42 bits per heavy atom. The van der Waals surface area contributed by atoms with Crippen molar-refractivity contribution in [2.45, 2.75) is 13.0 Å². The summed E-state index contributed by atoms with van der Waals surface area (Å²) in [5.74, 6) is -1.49. The summed E-state index contributed by atoms with van der Waals surface area (Å²) in [6, 6.07) is 13.7. The van der Waals surface area contributed by atoms with Crippen LogP contribution in [0.1, 0.15) is 22.7 Å². The van der Waals surface area contributed by atoms with Gasteiger partial charge in [0.2, 0.25) is 0 Å². The zero-order valence-corrected chi connectivity index (χ0v) is 16.9. The summed E-state index contributed by atoms with van der Waals surface area (Å²) in [5, 5.41) is 21.5. The van der Waals surface area contributed by atoms with Gasteiger partial charge in [0.1, 0.15) is 17.3 Å². The highest BCUT2D eigenvalue weighted by molar-refractivity contribution is 6.51. The lowest BCUT2D eigenvalue weighted by Gasteiger charge is -2.25. The number of carbonyl (C=O) groups is 2. The normalized spacial score (nSPS) is 17.7. The Morgan fingerprint density at radius 1 is 1.06 bits per heavy atom. The van der Waals surface area contributed by atoms with Crippen LogP contribution in [-0.4, -0.2) is 34.0 Å². The number of Topliss-reactive ketones (excluding diaryl/α,β-unsaturated/α-hetero) is 1. The summed E-state index contributed by atoms with van der Waals surface area (Å²) in [5.41, 5.74) is 1.83. The molecule has 0 spiro atoms. The van der Waals surface area contributed by atoms with Crippen molar-refractivity contribution in [1.82, 2.24) is 4.98 Å². The Bertz CT molecular complexity index is 1200. The minimum absolute atomic E-state index is 0.0657. The molecule has 1 aliphatic heterocycles. The molecule has 31 heavy (non-hydrogen) atoms. The second-order valence-electron chi connectivity index (χ2n) is 7.12. The highest BCUT2D eigenvalue weighted by Gasteiger charge is 2.47. The van der Waals surface area contributed by atoms with E-state index in [-0.39, 0.29) is 22.8 Å². The molecule has 3 aromatic rings. The SMILES string of the molecule is COc1ccc(/C(O)=C2/C(=O)C(=O)N(c3ccccc3O)C2c2ccncc2)cc1C. The van der Waals surface area contributed by atoms with Gasteiger partial charge < -0.3 is 14.9 Å². The first kappa shape index (κ1) is 20.2. The summed E-state index contributed by atoms with van der Waals surface area (Å²) >= 11 is 0. The Morgan fingerprint density at radius 2 is 1.77 bits per heavy atom. The summed E-state index contributed by atoms with van der Waals surface area (Å²) in [7, 11) is 1.54. The van der Waals surface area contributed by atoms with Gasteiger partial charge in [0.05, 0.1) is 24.4 Å². The number of aromatic hydroxyl groups is 1. The molecule has 1 amide bonds. The Balaban J connectivity index is 1.95. The van der Waals surface area contributed by atoms with E-state index >= 15 is 0 Å². The zero-order valence-electron chi connectivity index (χ0n) is 16.9. The molecule has 2 N–H and O–H groups in total. The van der Waals surface area contributed by atoms with Crippen molar-refractivity contribution in [3.63, 3.8) is 0 Å². The zero-order chi connectivity index (χ0) is 22.1. The molecule has 1 saturated heterocycles. The van der Waals surface area contributed by atoms with Gasteiger partial charge in [-0.25, -0.2) is 0 Å². The number of aliphatic hydroxyl groups excluding tert-OH is 1. The molecule has 1 aromatic heterocycles. The van der Waals surface area contributed by atoms with E-state index in [2.05, 4.69) is 4.98 Å². The smallest absolute Gasteiger partial charge is 0.300 e. The lowest BCUT2D eigenvalue weighted by molar-refractivity contribution is -0.132. The summed E-state index contributed by atoms with van der Waals surface area (Å²) in [6.07, 6.45) is 3.08. The second-order valence-corrected chi connectivity index (χ2v) is 7.12. The first-order chi connectivity index (χ1) is 14.9. The minimum Gasteiger partial charge on any atom is -0.507 e. The Hall–Kier alpha value is -4.13. The molecule has 2 heterocycles. The number of amides is 1. The highest BCUT2D eigenvalue weighted by atomic mass is 16.5. The molecule has 1 unspecified atom stereocenters. The van der Waals surface area contributed by atoms with Gasteiger partial charge in [-0.1, -0.05) is 12.1 Å². The number of pyridine rings is 1. The van der Waals surface area contributed by atoms with Gasteiger partial charge in [-0.3, -0.25) is 19.5 Å². The molecule has 0 aliphatic carbocycles. The number of methoxy groups -OCH3 is 1. The van der Waals surface area contributed by atoms with E-state index in [1.807, 2.05) is 6.92 Å². The summed E-state index contributed by atoms with van der Waals surface area (Å²) in [4.78, 5) is 31.3. The van der Waals surface area contributed by atoms with Crippen molar-refractivity contribution in [2.75, 3.05) is 12.0 Å². The largest absolute Gasteiger partial charge is 0.507 e. The maximum absolute atomic E-state index is 13.1. The van der Waals surface area contributed by atoms with Crippen LogP contribution >= 0.6 is 0 Å². The van der Waals surface area contributed by atoms with E-state index in [0.717, 1.165) is 5.56 Å². The van der Waals surface area contributed by atoms with Crippen LogP contribution in [-0.2, 0) is 9.59 Å². The van der Waals surface area contributed by atoms with Crippen molar-refractivity contribution in [3.8, 4) is 11.5 Å². The van der Waals surface area contributed by atoms with E-state index in [1.165, 1.54) is 23.4 Å². The molecule has 7 heteroatoms. The van der Waals surface area contributed by atoms with Gasteiger partial charge in [0.15, 0.2) is 0 Å². The third kappa shape index (κ3) is 3.40. The number of aromatic nitrogens is 1. The number of benzene rings is 2. The highest BCUT2D eigenvalue weighted by Crippen LogP contribution is 2.44. The number of phenols is 1. The number of para-hydroxylation sites is 2. The van der Waals surface area contributed by atoms with Gasteiger partial charge in [-0.05, 0) is 60.5 Å². The fraction of sp³-hybridized carbons (Fsp3) is 0.125. The van der Waals surface area contributed by atoms with E-state index < -0.39 is 17.7 Å². The average molecular weight is 416 g/mol. The third-order valence-corrected chi connectivity index (χ3v) is 5.28. The Labute approximate surface area is 178 Å². The van der Waals surface area contributed by atoms with Crippen LogP contribution in [0, 0.1) is 6.92 Å². The van der Waals surface area contributed by atoms with Crippen LogP contribution in [0.25, 0.3) is 5.76 Å². The quantitative estimate of drug-likeness (QED) is 0.382. The molecular formula is C24H20N2O5. The third-order valence-electron chi connectivity index (χ3n) is 5.28. The fourth-order valence-corrected chi connectivity index (χ4v) is 3.79. The molecule has 0 radical (unpaired) electrons. The van der Waals surface area contributed by atoms with Crippen molar-refractivity contribution < 1.29 is 24.5 Å². The van der Waals surface area contributed by atoms with Crippen molar-refractivity contribution in [3.05, 3.63) is 89.3 Å². The molecule has 1 atom stereocenters. The van der Waals surface area contributed by atoms with E-state index in [9.17, 15) is 19.8 Å². The Kier molecular flexibility index (Phi) is 5.17. The number of ketones is 1. The molecule has 4 rings (SSSR count). The number of phenolic OH excluding ortho intramolecular Hbond substituents is 1. The summed E-state index contributed by atoms with van der Waals surface area (Å²) in [6.45, 7) is 1.82. The maximum atomic E-state index is 13.1. The summed E-state index contributed by atoms with van der Waals surface area (Å²) < 4.78 is 5.26. The van der Waals surface area contributed by atoms with Crippen LogP contribution in [0.2, 0.25) is 0 Å². The topological polar surface area (TPSA) is 100.0 Å². The number of hydrogen-bond acceptors (Lipinski definition) is 6. The molecule has 1 fully saturated rings. The van der Waals surface area contributed by atoms with Gasteiger partial charge >= 0.3 is 0 Å². The van der Waals surface area contributed by atoms with E-state index in [4.69, 9.17) is 4.74 Å². The lowest BCUT2D eigenvalue weighted by Crippen LogP contribution is -2.29. The van der Waals surface area contributed by atoms with Gasteiger partial charge in [-0.15, -0.1) is 0 Å². The monoisotopic (exact) mass is 416 g/mol. The number of carbonyl (C=O) groups excluding carboxylic acids is 2. The van der Waals surface area contributed by atoms with Crippen LogP contribution in [0.3, 0.4) is 0 Å². The number of rotatable bonds is 4. The molecule has 1 aliphatic rings. The maximum Gasteiger partial charge on any atom is 0.300 e. The molecular weight excluding hydrogens is 396 g/mol. The number of ether oxygens (including phenoxy) is 1. The molecule has 0 bridgehead atoms. The standard InChI is InChI=1S/C24H20N2O5/c1-14-13-16(7-8-19(14)31-2)22(28)20-21(15-9-11-25-12-10-15)26(24(30)23(20)29)17-5-3-4-6-18(17)27/h3-13,21,27-28H,1-2H3/b22-20-. The molecule has 7 nitrogen and oxygen atoms in total. The minimum atomic E-state index is -0.932. The number of hydrogen-bond donors (Lipinski definition) is 2. The van der Waals surface area contributed by atoms with Crippen molar-refractivity contribution >= 4 is 23.1 Å². The van der Waals surface area contributed by atoms with E-state index in [0.29, 0.717) is 16.9 Å². The molecule has 156 valence electrons. The first-order valence-electron chi connectivity index (χ1n) is 9.58. The van der Waals surface area contributed by atoms with Crippen LogP contribution in [0.5, 0.6) is 11.5 Å². The van der Waals surface area contributed by atoms with Gasteiger partial charge in [-0.2, -0.15) is 0 Å². The molecule has 0 saturated carbocycles. The number of aryl methyl sites for hydroxylation is 1. The average Bonchev–Trinajstić information content (AvgIpc) is 3.04. The van der Waals surface area contributed by atoms with Crippen LogP contribution < -0.4 is 9.64 Å². The van der Waals surface area contributed by atoms with E-state index in [1.54, 1.807) is 55.6 Å². The first-order valence-corrected chi connectivity index (χ1v) is 9.58. The predicted octanol–water partition coefficient (Wildman–Crippen LogP) is 3.73. The van der Waals surface area contributed by atoms with Gasteiger partial charge in [0.25, 0.3) is 11.7 Å². The van der Waals surface area contributed by atoms with Crippen molar-refractivity contribution in [1.29, 1.82) is 0 Å². The fourth-order valence-electron chi connectivity index (χ4n) is 3.79. The second kappa shape index (κ2) is 7.95. The number of nitrogens with zero attached hydrogens (tertiary/aromatic N) is 2. The lowest BCUT2D eigenvalue weighted by atomic mass is 9.95. The van der Waals surface area contributed by atoms with Crippen LogP contribution in [0.15, 0.2) is 72.6 Å². The van der Waals surface area contributed by atoms with Gasteiger partial charge in [0, 0.05) is 18.0 Å². The number of anilines is 1. The number of aliphatic hydroxyl groups is 1. The van der Waals surface area contributed by atoms with Crippen molar-refractivity contribution in [2.24, 2.45) is 0 Å². The molecule has 2 aromatic carbocycles.